The highest BCUT2D eigenvalue weighted by Gasteiger charge is 2.22. The van der Waals surface area contributed by atoms with Gasteiger partial charge in [0.1, 0.15) is 6.61 Å². The Morgan fingerprint density at radius 3 is 2.65 bits per heavy atom. The fraction of sp³-hybridized carbons (Fsp3) is 0.647. The number of benzene rings is 1. The first-order valence-corrected chi connectivity index (χ1v) is 7.90. The monoisotopic (exact) mass is 344 g/mol. The van der Waals surface area contributed by atoms with Crippen LogP contribution in [0.25, 0.3) is 0 Å². The van der Waals surface area contributed by atoms with E-state index in [9.17, 15) is 0 Å². The van der Waals surface area contributed by atoms with Crippen molar-refractivity contribution in [3.05, 3.63) is 23.8 Å². The van der Waals surface area contributed by atoms with E-state index in [1.165, 1.54) is 5.56 Å². The third kappa shape index (κ3) is 5.84. The Morgan fingerprint density at radius 1 is 1.17 bits per heavy atom. The maximum Gasteiger partial charge on any atom is 0.161 e. The zero-order chi connectivity index (χ0) is 15.9. The van der Waals surface area contributed by atoms with Crippen molar-refractivity contribution in [1.29, 1.82) is 0 Å². The Balaban J connectivity index is 0.00000264. The number of piperazine rings is 1. The summed E-state index contributed by atoms with van der Waals surface area (Å²) < 4.78 is 16.1. The van der Waals surface area contributed by atoms with Crippen LogP contribution in [0, 0.1) is 0 Å². The predicted molar refractivity (Wildman–Crippen MR) is 94.9 cm³/mol. The van der Waals surface area contributed by atoms with Crippen LogP contribution in [-0.2, 0) is 11.3 Å². The molecule has 2 unspecified atom stereocenters. The summed E-state index contributed by atoms with van der Waals surface area (Å²) in [6, 6.07) is 7.25. The van der Waals surface area contributed by atoms with Crippen LogP contribution in [-0.4, -0.2) is 57.5 Å². The number of hydrogen-bond acceptors (Lipinski definition) is 5. The molecule has 132 valence electrons. The number of ether oxygens (including phenoxy) is 3. The summed E-state index contributed by atoms with van der Waals surface area (Å²) >= 11 is 0. The van der Waals surface area contributed by atoms with Gasteiger partial charge in [-0.25, -0.2) is 0 Å². The normalized spacial score (nSPS) is 21.6. The minimum Gasteiger partial charge on any atom is -0.493 e. The average Bonchev–Trinajstić information content (AvgIpc) is 2.52. The molecule has 0 radical (unpaired) electrons. The van der Waals surface area contributed by atoms with E-state index in [2.05, 4.69) is 36.2 Å². The van der Waals surface area contributed by atoms with Crippen molar-refractivity contribution in [2.45, 2.75) is 32.5 Å². The molecule has 0 aliphatic carbocycles. The first kappa shape index (κ1) is 20.0. The number of hydrogen-bond donors (Lipinski definition) is 1. The van der Waals surface area contributed by atoms with Gasteiger partial charge < -0.3 is 19.5 Å². The topological polar surface area (TPSA) is 43.0 Å². The molecule has 2 atom stereocenters. The SMILES string of the molecule is COCCOc1ccc(CN2CC(C)NCC2C)cc1OC.Cl. The lowest BCUT2D eigenvalue weighted by Gasteiger charge is -2.37. The lowest BCUT2D eigenvalue weighted by molar-refractivity contribution is 0.138. The van der Waals surface area contributed by atoms with Crippen LogP contribution < -0.4 is 14.8 Å². The van der Waals surface area contributed by atoms with Crippen molar-refractivity contribution < 1.29 is 14.2 Å². The van der Waals surface area contributed by atoms with Crippen molar-refractivity contribution in [1.82, 2.24) is 10.2 Å². The Bertz CT molecular complexity index is 473. The third-order valence-electron chi connectivity index (χ3n) is 4.05. The maximum atomic E-state index is 5.68. The van der Waals surface area contributed by atoms with Gasteiger partial charge in [-0.1, -0.05) is 6.07 Å². The van der Waals surface area contributed by atoms with E-state index in [1.54, 1.807) is 14.2 Å². The third-order valence-corrected chi connectivity index (χ3v) is 4.05. The molecule has 0 saturated carbocycles. The summed E-state index contributed by atoms with van der Waals surface area (Å²) in [4.78, 5) is 2.50. The molecule has 1 aliphatic rings. The number of rotatable bonds is 7. The second-order valence-corrected chi connectivity index (χ2v) is 5.91. The summed E-state index contributed by atoms with van der Waals surface area (Å²) in [6.07, 6.45) is 0. The van der Waals surface area contributed by atoms with Gasteiger partial charge in [-0.15, -0.1) is 12.4 Å². The minimum absolute atomic E-state index is 0. The molecule has 0 amide bonds. The van der Waals surface area contributed by atoms with Crippen molar-refractivity contribution in [3.8, 4) is 11.5 Å². The van der Waals surface area contributed by atoms with Gasteiger partial charge in [0.2, 0.25) is 0 Å². The van der Waals surface area contributed by atoms with Crippen LogP contribution in [0.3, 0.4) is 0 Å². The molecule has 1 aliphatic heterocycles. The molecule has 6 heteroatoms. The van der Waals surface area contributed by atoms with Crippen LogP contribution >= 0.6 is 12.4 Å². The molecular weight excluding hydrogens is 316 g/mol. The van der Waals surface area contributed by atoms with Crippen molar-refractivity contribution in [2.24, 2.45) is 0 Å². The smallest absolute Gasteiger partial charge is 0.161 e. The molecule has 1 aromatic rings. The van der Waals surface area contributed by atoms with Crippen LogP contribution in [0.4, 0.5) is 0 Å². The van der Waals surface area contributed by atoms with E-state index in [4.69, 9.17) is 14.2 Å². The van der Waals surface area contributed by atoms with Gasteiger partial charge in [-0.2, -0.15) is 0 Å². The van der Waals surface area contributed by atoms with Gasteiger partial charge in [0.05, 0.1) is 13.7 Å². The van der Waals surface area contributed by atoms with E-state index < -0.39 is 0 Å². The molecule has 1 N–H and O–H groups in total. The molecule has 5 nitrogen and oxygen atoms in total. The Morgan fingerprint density at radius 2 is 1.96 bits per heavy atom. The number of nitrogens with zero attached hydrogens (tertiary/aromatic N) is 1. The maximum absolute atomic E-state index is 5.68. The average molecular weight is 345 g/mol. The highest BCUT2D eigenvalue weighted by molar-refractivity contribution is 5.85. The van der Waals surface area contributed by atoms with Crippen molar-refractivity contribution in [2.75, 3.05) is 40.5 Å². The van der Waals surface area contributed by atoms with Crippen LogP contribution in [0.1, 0.15) is 19.4 Å². The Labute approximate surface area is 145 Å². The number of nitrogens with one attached hydrogen (secondary N) is 1. The fourth-order valence-corrected chi connectivity index (χ4v) is 2.72. The van der Waals surface area contributed by atoms with Gasteiger partial charge in [0.25, 0.3) is 0 Å². The van der Waals surface area contributed by atoms with E-state index in [0.29, 0.717) is 25.3 Å². The largest absolute Gasteiger partial charge is 0.493 e. The molecule has 1 fully saturated rings. The van der Waals surface area contributed by atoms with E-state index >= 15 is 0 Å². The van der Waals surface area contributed by atoms with Crippen molar-refractivity contribution in [3.63, 3.8) is 0 Å². The highest BCUT2D eigenvalue weighted by atomic mass is 35.5. The lowest BCUT2D eigenvalue weighted by atomic mass is 10.1. The number of methoxy groups -OCH3 is 2. The van der Waals surface area contributed by atoms with E-state index in [-0.39, 0.29) is 12.4 Å². The second kappa shape index (κ2) is 9.98. The molecule has 0 aromatic heterocycles. The lowest BCUT2D eigenvalue weighted by Crippen LogP contribution is -2.53. The van der Waals surface area contributed by atoms with Gasteiger partial charge in [-0.05, 0) is 31.5 Å². The number of halogens is 1. The second-order valence-electron chi connectivity index (χ2n) is 5.91. The summed E-state index contributed by atoms with van der Waals surface area (Å²) in [6.45, 7) is 8.62. The van der Waals surface area contributed by atoms with Gasteiger partial charge >= 0.3 is 0 Å². The molecule has 2 rings (SSSR count). The zero-order valence-electron chi connectivity index (χ0n) is 14.5. The molecule has 1 saturated heterocycles. The Kier molecular flexibility index (Phi) is 8.69. The van der Waals surface area contributed by atoms with E-state index in [1.807, 2.05) is 6.07 Å². The molecular formula is C17H29ClN2O3. The summed E-state index contributed by atoms with van der Waals surface area (Å²) in [7, 11) is 3.34. The fourth-order valence-electron chi connectivity index (χ4n) is 2.72. The molecule has 0 spiro atoms. The first-order valence-electron chi connectivity index (χ1n) is 7.90. The van der Waals surface area contributed by atoms with Gasteiger partial charge in [-0.3, -0.25) is 4.90 Å². The highest BCUT2D eigenvalue weighted by Crippen LogP contribution is 2.29. The Hall–Kier alpha value is -1.01. The van der Waals surface area contributed by atoms with Crippen LogP contribution in [0.2, 0.25) is 0 Å². The van der Waals surface area contributed by atoms with Crippen LogP contribution in [0.15, 0.2) is 18.2 Å². The van der Waals surface area contributed by atoms with Crippen molar-refractivity contribution >= 4 is 12.4 Å². The molecule has 0 bridgehead atoms. The molecule has 1 aromatic carbocycles. The van der Waals surface area contributed by atoms with Gasteiger partial charge in [0.15, 0.2) is 11.5 Å². The predicted octanol–water partition coefficient (Wildman–Crippen LogP) is 2.32. The standard InChI is InChI=1S/C17H28N2O3.ClH/c1-13-11-19(14(2)10-18-13)12-15-5-6-16(17(9-15)21-4)22-8-7-20-3;/h5-6,9,13-14,18H,7-8,10-12H2,1-4H3;1H. The van der Waals surface area contributed by atoms with Crippen LogP contribution in [0.5, 0.6) is 11.5 Å². The minimum atomic E-state index is 0. The summed E-state index contributed by atoms with van der Waals surface area (Å²) in [5.74, 6) is 1.55. The van der Waals surface area contributed by atoms with Gasteiger partial charge in [0, 0.05) is 38.8 Å². The summed E-state index contributed by atoms with van der Waals surface area (Å²) in [5, 5.41) is 3.51. The quantitative estimate of drug-likeness (QED) is 0.769. The molecule has 23 heavy (non-hydrogen) atoms. The molecule has 1 heterocycles. The zero-order valence-corrected chi connectivity index (χ0v) is 15.3. The summed E-state index contributed by atoms with van der Waals surface area (Å²) in [5.41, 5.74) is 1.25. The first-order chi connectivity index (χ1) is 10.6. The van der Waals surface area contributed by atoms with E-state index in [0.717, 1.165) is 31.1 Å².